The van der Waals surface area contributed by atoms with Crippen LogP contribution in [0.3, 0.4) is 0 Å². The molecule has 158 valence electrons. The van der Waals surface area contributed by atoms with Crippen molar-refractivity contribution in [3.8, 4) is 28.5 Å². The first kappa shape index (κ1) is 20.8. The minimum atomic E-state index is -4.84. The first-order valence-electron chi connectivity index (χ1n) is 8.67. The Labute approximate surface area is 180 Å². The van der Waals surface area contributed by atoms with E-state index >= 15 is 0 Å². The average molecular weight is 495 g/mol. The molecule has 0 atom stereocenters. The Balaban J connectivity index is 1.79. The van der Waals surface area contributed by atoms with Crippen LogP contribution < -0.4 is 10.2 Å². The predicted octanol–water partition coefficient (Wildman–Crippen LogP) is 4.89. The van der Waals surface area contributed by atoms with Gasteiger partial charge in [-0.1, -0.05) is 6.07 Å². The lowest BCUT2D eigenvalue weighted by Gasteiger charge is -2.12. The van der Waals surface area contributed by atoms with Crippen LogP contribution in [0.4, 0.5) is 17.6 Å². The molecule has 2 aromatic heterocycles. The summed E-state index contributed by atoms with van der Waals surface area (Å²) >= 11 is 3.27. The monoisotopic (exact) mass is 494 g/mol. The number of alkyl halides is 3. The topological polar surface area (TPSA) is 61.9 Å². The molecule has 4 rings (SSSR count). The number of nitrogens with zero attached hydrogens (tertiary/aromatic N) is 4. The zero-order valence-corrected chi connectivity index (χ0v) is 16.9. The molecule has 6 nitrogen and oxygen atoms in total. The van der Waals surface area contributed by atoms with Crippen molar-refractivity contribution in [3.05, 3.63) is 87.5 Å². The second-order valence-corrected chi connectivity index (χ2v) is 7.10. The van der Waals surface area contributed by atoms with Crippen molar-refractivity contribution in [2.45, 2.75) is 6.36 Å². The van der Waals surface area contributed by atoms with Crippen molar-refractivity contribution in [2.75, 3.05) is 0 Å². The second-order valence-electron chi connectivity index (χ2n) is 6.24. The fourth-order valence-electron chi connectivity index (χ4n) is 2.88. The molecule has 0 N–H and O–H groups in total. The van der Waals surface area contributed by atoms with Crippen LogP contribution in [-0.4, -0.2) is 25.9 Å². The molecule has 11 heteroatoms. The Morgan fingerprint density at radius 3 is 2.58 bits per heavy atom. The summed E-state index contributed by atoms with van der Waals surface area (Å²) in [4.78, 5) is 12.5. The Hall–Kier alpha value is -3.47. The first-order chi connectivity index (χ1) is 14.7. The van der Waals surface area contributed by atoms with Gasteiger partial charge in [0, 0.05) is 22.8 Å². The summed E-state index contributed by atoms with van der Waals surface area (Å²) < 4.78 is 58.0. The number of hydrogen-bond donors (Lipinski definition) is 0. The van der Waals surface area contributed by atoms with Crippen LogP contribution in [0.15, 0.2) is 76.3 Å². The fourth-order valence-corrected chi connectivity index (χ4v) is 3.40. The summed E-state index contributed by atoms with van der Waals surface area (Å²) in [6.45, 7) is 0. The largest absolute Gasteiger partial charge is 0.573 e. The van der Waals surface area contributed by atoms with E-state index in [1.165, 1.54) is 58.2 Å². The quantitative estimate of drug-likeness (QED) is 0.379. The SMILES string of the molecule is O=c1ccn(-c2cccc(OC(F)(F)F)c2)nc1-c1ccnn1-c1ccc(F)cc1Br. The lowest BCUT2D eigenvalue weighted by molar-refractivity contribution is -0.274. The highest BCUT2D eigenvalue weighted by atomic mass is 79.9. The summed E-state index contributed by atoms with van der Waals surface area (Å²) in [5.74, 6) is -0.877. The standard InChI is InChI=1S/C20H11BrF4N4O2/c21-15-10-12(22)4-5-16(15)29-17(6-8-26-29)19-18(30)7-9-28(27-19)13-2-1-3-14(11-13)31-20(23,24)25/h1-11H. The molecule has 0 amide bonds. The van der Waals surface area contributed by atoms with Gasteiger partial charge in [0.1, 0.15) is 11.6 Å². The van der Waals surface area contributed by atoms with Crippen molar-refractivity contribution in [1.29, 1.82) is 0 Å². The van der Waals surface area contributed by atoms with E-state index in [0.29, 0.717) is 15.9 Å². The van der Waals surface area contributed by atoms with Crippen LogP contribution in [0, 0.1) is 5.82 Å². The Morgan fingerprint density at radius 2 is 1.84 bits per heavy atom. The second kappa shape index (κ2) is 7.99. The van der Waals surface area contributed by atoms with Crippen molar-refractivity contribution in [3.63, 3.8) is 0 Å². The summed E-state index contributed by atoms with van der Waals surface area (Å²) in [5, 5.41) is 8.46. The fraction of sp³-hybridized carbons (Fsp3) is 0.0500. The van der Waals surface area contributed by atoms with Gasteiger partial charge in [0.05, 0.1) is 23.3 Å². The first-order valence-corrected chi connectivity index (χ1v) is 9.46. The van der Waals surface area contributed by atoms with Gasteiger partial charge in [-0.05, 0) is 52.3 Å². The van der Waals surface area contributed by atoms with Crippen molar-refractivity contribution >= 4 is 15.9 Å². The third-order valence-electron chi connectivity index (χ3n) is 4.15. The maximum atomic E-state index is 13.4. The molecule has 0 unspecified atom stereocenters. The van der Waals surface area contributed by atoms with E-state index in [-0.39, 0.29) is 11.4 Å². The lowest BCUT2D eigenvalue weighted by atomic mass is 10.2. The number of benzene rings is 2. The van der Waals surface area contributed by atoms with Crippen LogP contribution in [0.5, 0.6) is 5.75 Å². The molecule has 2 heterocycles. The van der Waals surface area contributed by atoms with Gasteiger partial charge in [0.25, 0.3) is 0 Å². The predicted molar refractivity (Wildman–Crippen MR) is 107 cm³/mol. The van der Waals surface area contributed by atoms with E-state index in [9.17, 15) is 22.4 Å². The average Bonchev–Trinajstić information content (AvgIpc) is 3.16. The molecular formula is C20H11BrF4N4O2. The van der Waals surface area contributed by atoms with Gasteiger partial charge in [-0.2, -0.15) is 10.2 Å². The number of rotatable bonds is 4. The lowest BCUT2D eigenvalue weighted by Crippen LogP contribution is -2.17. The van der Waals surface area contributed by atoms with E-state index in [1.807, 2.05) is 0 Å². The van der Waals surface area contributed by atoms with E-state index in [1.54, 1.807) is 6.07 Å². The molecule has 4 aromatic rings. The molecule has 0 saturated heterocycles. The van der Waals surface area contributed by atoms with Crippen LogP contribution in [0.25, 0.3) is 22.8 Å². The Bertz CT molecular complexity index is 1320. The minimum absolute atomic E-state index is 0.00151. The summed E-state index contributed by atoms with van der Waals surface area (Å²) in [6.07, 6.45) is -2.07. The van der Waals surface area contributed by atoms with E-state index < -0.39 is 23.4 Å². The van der Waals surface area contributed by atoms with E-state index in [4.69, 9.17) is 0 Å². The van der Waals surface area contributed by atoms with Gasteiger partial charge in [-0.3, -0.25) is 4.79 Å². The third kappa shape index (κ3) is 4.50. The molecule has 2 aromatic carbocycles. The highest BCUT2D eigenvalue weighted by Crippen LogP contribution is 2.27. The highest BCUT2D eigenvalue weighted by molar-refractivity contribution is 9.10. The maximum Gasteiger partial charge on any atom is 0.573 e. The number of ether oxygens (including phenoxy) is 1. The summed E-state index contributed by atoms with van der Waals surface area (Å²) in [7, 11) is 0. The Kier molecular flexibility index (Phi) is 5.36. The molecule has 0 saturated carbocycles. The summed E-state index contributed by atoms with van der Waals surface area (Å²) in [6, 6.07) is 11.9. The van der Waals surface area contributed by atoms with Gasteiger partial charge in [0.2, 0.25) is 5.43 Å². The smallest absolute Gasteiger partial charge is 0.406 e. The molecule has 0 radical (unpaired) electrons. The molecule has 0 aliphatic heterocycles. The number of hydrogen-bond acceptors (Lipinski definition) is 4. The minimum Gasteiger partial charge on any atom is -0.406 e. The van der Waals surface area contributed by atoms with Crippen molar-refractivity contribution in [2.24, 2.45) is 0 Å². The van der Waals surface area contributed by atoms with Gasteiger partial charge >= 0.3 is 6.36 Å². The van der Waals surface area contributed by atoms with Crippen molar-refractivity contribution < 1.29 is 22.3 Å². The van der Waals surface area contributed by atoms with Crippen LogP contribution in [-0.2, 0) is 0 Å². The highest BCUT2D eigenvalue weighted by Gasteiger charge is 2.31. The van der Waals surface area contributed by atoms with E-state index in [2.05, 4.69) is 30.9 Å². The zero-order chi connectivity index (χ0) is 22.2. The molecule has 0 spiro atoms. The zero-order valence-electron chi connectivity index (χ0n) is 15.3. The third-order valence-corrected chi connectivity index (χ3v) is 4.78. The maximum absolute atomic E-state index is 13.4. The van der Waals surface area contributed by atoms with E-state index in [0.717, 1.165) is 12.1 Å². The van der Waals surface area contributed by atoms with Crippen LogP contribution >= 0.6 is 15.9 Å². The number of halogens is 5. The molecule has 0 aliphatic rings. The molecule has 0 bridgehead atoms. The molecule has 0 fully saturated rings. The van der Waals surface area contributed by atoms with Crippen LogP contribution in [0.1, 0.15) is 0 Å². The molecule has 31 heavy (non-hydrogen) atoms. The van der Waals surface area contributed by atoms with Crippen molar-refractivity contribution in [1.82, 2.24) is 19.6 Å². The van der Waals surface area contributed by atoms with Gasteiger partial charge in [0.15, 0.2) is 5.69 Å². The summed E-state index contributed by atoms with van der Waals surface area (Å²) in [5.41, 5.74) is 0.599. The normalized spacial score (nSPS) is 11.5. The van der Waals surface area contributed by atoms with Gasteiger partial charge in [-0.15, -0.1) is 13.2 Å². The molecule has 0 aliphatic carbocycles. The van der Waals surface area contributed by atoms with Gasteiger partial charge in [-0.25, -0.2) is 13.8 Å². The van der Waals surface area contributed by atoms with Crippen LogP contribution in [0.2, 0.25) is 0 Å². The molecular weight excluding hydrogens is 484 g/mol. The number of aromatic nitrogens is 4. The van der Waals surface area contributed by atoms with Gasteiger partial charge < -0.3 is 4.74 Å². The Morgan fingerprint density at radius 1 is 1.03 bits per heavy atom.